The van der Waals surface area contributed by atoms with E-state index < -0.39 is 0 Å². The van der Waals surface area contributed by atoms with Gasteiger partial charge in [-0.1, -0.05) is 26.3 Å². The Balaban J connectivity index is 2.42. The Labute approximate surface area is 91.5 Å². The number of rotatable bonds is 6. The molecule has 0 aliphatic rings. The van der Waals surface area contributed by atoms with Crippen LogP contribution in [0.1, 0.15) is 51.0 Å². The number of hydrogen-bond donors (Lipinski definition) is 1. The zero-order valence-corrected chi connectivity index (χ0v) is 10.2. The molecule has 0 fully saturated rings. The standard InChI is InChI=1S/C12H21NS/c1-4-7-11(5-2)13-10(3)12-8-6-9-14-12/h6,8-11,13H,4-5,7H2,1-3H3/t10-,11?/m0/s1. The van der Waals surface area contributed by atoms with Gasteiger partial charge < -0.3 is 5.32 Å². The molecule has 0 saturated carbocycles. The van der Waals surface area contributed by atoms with Crippen LogP contribution in [0.3, 0.4) is 0 Å². The predicted octanol–water partition coefficient (Wildman–Crippen LogP) is 3.98. The lowest BCUT2D eigenvalue weighted by molar-refractivity contribution is 0.420. The average molecular weight is 211 g/mol. The fraction of sp³-hybridized carbons (Fsp3) is 0.667. The summed E-state index contributed by atoms with van der Waals surface area (Å²) in [6.45, 7) is 6.76. The van der Waals surface area contributed by atoms with E-state index in [1.807, 2.05) is 11.3 Å². The van der Waals surface area contributed by atoms with Gasteiger partial charge in [-0.15, -0.1) is 11.3 Å². The van der Waals surface area contributed by atoms with Crippen molar-refractivity contribution in [2.45, 2.75) is 52.1 Å². The molecule has 80 valence electrons. The highest BCUT2D eigenvalue weighted by atomic mass is 32.1. The molecule has 0 amide bonds. The Morgan fingerprint density at radius 2 is 2.21 bits per heavy atom. The normalized spacial score (nSPS) is 15.4. The van der Waals surface area contributed by atoms with Crippen LogP contribution in [0.25, 0.3) is 0 Å². The van der Waals surface area contributed by atoms with Gasteiger partial charge in [0, 0.05) is 17.0 Å². The second-order valence-corrected chi connectivity index (χ2v) is 4.78. The first-order valence-corrected chi connectivity index (χ1v) is 6.45. The van der Waals surface area contributed by atoms with Crippen molar-refractivity contribution in [2.75, 3.05) is 0 Å². The van der Waals surface area contributed by atoms with Gasteiger partial charge in [0.25, 0.3) is 0 Å². The number of nitrogens with one attached hydrogen (secondary N) is 1. The van der Waals surface area contributed by atoms with Crippen LogP contribution in [-0.4, -0.2) is 6.04 Å². The van der Waals surface area contributed by atoms with Crippen LogP contribution in [0, 0.1) is 0 Å². The summed E-state index contributed by atoms with van der Waals surface area (Å²) in [5, 5.41) is 5.83. The molecule has 1 unspecified atom stereocenters. The van der Waals surface area contributed by atoms with Gasteiger partial charge in [0.1, 0.15) is 0 Å². The minimum atomic E-state index is 0.506. The summed E-state index contributed by atoms with van der Waals surface area (Å²) in [5.41, 5.74) is 0. The van der Waals surface area contributed by atoms with Gasteiger partial charge in [-0.3, -0.25) is 0 Å². The first kappa shape index (κ1) is 11.7. The van der Waals surface area contributed by atoms with E-state index in [4.69, 9.17) is 0 Å². The fourth-order valence-electron chi connectivity index (χ4n) is 1.73. The van der Waals surface area contributed by atoms with Crippen LogP contribution in [-0.2, 0) is 0 Å². The highest BCUT2D eigenvalue weighted by Gasteiger charge is 2.11. The molecule has 0 aliphatic heterocycles. The van der Waals surface area contributed by atoms with Crippen LogP contribution >= 0.6 is 11.3 Å². The van der Waals surface area contributed by atoms with Gasteiger partial charge in [0.05, 0.1) is 0 Å². The molecule has 1 N–H and O–H groups in total. The smallest absolute Gasteiger partial charge is 0.0388 e. The lowest BCUT2D eigenvalue weighted by atomic mass is 10.1. The zero-order chi connectivity index (χ0) is 10.4. The van der Waals surface area contributed by atoms with Crippen molar-refractivity contribution in [2.24, 2.45) is 0 Å². The fourth-order valence-corrected chi connectivity index (χ4v) is 2.47. The monoisotopic (exact) mass is 211 g/mol. The van der Waals surface area contributed by atoms with E-state index in [0.717, 1.165) is 0 Å². The summed E-state index contributed by atoms with van der Waals surface area (Å²) in [7, 11) is 0. The third-order valence-corrected chi connectivity index (χ3v) is 3.64. The van der Waals surface area contributed by atoms with Crippen molar-refractivity contribution in [1.82, 2.24) is 5.32 Å². The molecule has 2 heteroatoms. The second kappa shape index (κ2) is 6.20. The highest BCUT2D eigenvalue weighted by molar-refractivity contribution is 7.10. The Hall–Kier alpha value is -0.340. The van der Waals surface area contributed by atoms with Crippen molar-refractivity contribution in [3.8, 4) is 0 Å². The topological polar surface area (TPSA) is 12.0 Å². The molecule has 1 rings (SSSR count). The molecule has 0 saturated heterocycles. The zero-order valence-electron chi connectivity index (χ0n) is 9.42. The first-order valence-electron chi connectivity index (χ1n) is 5.57. The molecule has 0 bridgehead atoms. The van der Waals surface area contributed by atoms with E-state index in [2.05, 4.69) is 43.6 Å². The molecule has 0 spiro atoms. The van der Waals surface area contributed by atoms with Crippen molar-refractivity contribution in [1.29, 1.82) is 0 Å². The quantitative estimate of drug-likeness (QED) is 0.750. The summed E-state index contributed by atoms with van der Waals surface area (Å²) < 4.78 is 0. The van der Waals surface area contributed by atoms with Crippen molar-refractivity contribution >= 4 is 11.3 Å². The molecule has 1 aromatic rings. The Morgan fingerprint density at radius 1 is 1.43 bits per heavy atom. The van der Waals surface area contributed by atoms with Gasteiger partial charge in [-0.2, -0.15) is 0 Å². The predicted molar refractivity (Wildman–Crippen MR) is 64.9 cm³/mol. The molecule has 14 heavy (non-hydrogen) atoms. The largest absolute Gasteiger partial charge is 0.307 e. The molecule has 1 heterocycles. The van der Waals surface area contributed by atoms with Crippen LogP contribution in [0.15, 0.2) is 17.5 Å². The van der Waals surface area contributed by atoms with Crippen LogP contribution in [0.5, 0.6) is 0 Å². The van der Waals surface area contributed by atoms with Crippen LogP contribution < -0.4 is 5.32 Å². The maximum Gasteiger partial charge on any atom is 0.0388 e. The van der Waals surface area contributed by atoms with E-state index in [0.29, 0.717) is 12.1 Å². The second-order valence-electron chi connectivity index (χ2n) is 3.80. The van der Waals surface area contributed by atoms with Gasteiger partial charge >= 0.3 is 0 Å². The summed E-state index contributed by atoms with van der Waals surface area (Å²) in [4.78, 5) is 1.44. The maximum absolute atomic E-state index is 3.68. The summed E-state index contributed by atoms with van der Waals surface area (Å²) in [5.74, 6) is 0. The molecule has 1 nitrogen and oxygen atoms in total. The van der Waals surface area contributed by atoms with E-state index in [1.165, 1.54) is 24.1 Å². The Bertz CT molecular complexity index is 230. The van der Waals surface area contributed by atoms with E-state index in [-0.39, 0.29) is 0 Å². The van der Waals surface area contributed by atoms with E-state index in [1.54, 1.807) is 0 Å². The SMILES string of the molecule is CCCC(CC)N[C@@H](C)c1cccs1. The van der Waals surface area contributed by atoms with Gasteiger partial charge in [0.2, 0.25) is 0 Å². The van der Waals surface area contributed by atoms with Crippen molar-refractivity contribution in [3.63, 3.8) is 0 Å². The molecule has 0 aliphatic carbocycles. The van der Waals surface area contributed by atoms with Crippen molar-refractivity contribution in [3.05, 3.63) is 22.4 Å². The summed E-state index contributed by atoms with van der Waals surface area (Å²) >= 11 is 1.84. The third-order valence-electron chi connectivity index (χ3n) is 2.59. The van der Waals surface area contributed by atoms with E-state index in [9.17, 15) is 0 Å². The van der Waals surface area contributed by atoms with Crippen molar-refractivity contribution < 1.29 is 0 Å². The molecular formula is C12H21NS. The molecular weight excluding hydrogens is 190 g/mol. The van der Waals surface area contributed by atoms with Gasteiger partial charge in [-0.05, 0) is 31.2 Å². The average Bonchev–Trinajstić information content (AvgIpc) is 2.69. The number of hydrogen-bond acceptors (Lipinski definition) is 2. The molecule has 0 aromatic carbocycles. The van der Waals surface area contributed by atoms with Crippen LogP contribution in [0.2, 0.25) is 0 Å². The minimum Gasteiger partial charge on any atom is -0.307 e. The third kappa shape index (κ3) is 3.43. The van der Waals surface area contributed by atoms with Gasteiger partial charge in [0.15, 0.2) is 0 Å². The summed E-state index contributed by atoms with van der Waals surface area (Å²) in [6, 6.07) is 5.52. The molecule has 1 aromatic heterocycles. The van der Waals surface area contributed by atoms with Crippen LogP contribution in [0.4, 0.5) is 0 Å². The lowest BCUT2D eigenvalue weighted by Gasteiger charge is -2.21. The first-order chi connectivity index (χ1) is 6.77. The molecule has 2 atom stereocenters. The van der Waals surface area contributed by atoms with Gasteiger partial charge in [-0.25, -0.2) is 0 Å². The Kier molecular flexibility index (Phi) is 5.20. The Morgan fingerprint density at radius 3 is 2.71 bits per heavy atom. The molecule has 0 radical (unpaired) electrons. The summed E-state index contributed by atoms with van der Waals surface area (Å²) in [6.07, 6.45) is 3.78. The highest BCUT2D eigenvalue weighted by Crippen LogP contribution is 2.19. The lowest BCUT2D eigenvalue weighted by Crippen LogP contribution is -2.30. The minimum absolute atomic E-state index is 0.506. The number of thiophene rings is 1. The maximum atomic E-state index is 3.68. The van der Waals surface area contributed by atoms with E-state index >= 15 is 0 Å².